The second-order valence-electron chi connectivity index (χ2n) is 5.99. The second kappa shape index (κ2) is 5.01. The molecule has 18 heavy (non-hydrogen) atoms. The maximum atomic E-state index is 11.9. The summed E-state index contributed by atoms with van der Waals surface area (Å²) in [7, 11) is 0. The van der Waals surface area contributed by atoms with Crippen LogP contribution in [0.4, 0.5) is 4.79 Å². The van der Waals surface area contributed by atoms with Crippen molar-refractivity contribution in [3.63, 3.8) is 0 Å². The Morgan fingerprint density at radius 3 is 2.72 bits per heavy atom. The lowest BCUT2D eigenvalue weighted by Gasteiger charge is -2.28. The van der Waals surface area contributed by atoms with Gasteiger partial charge in [-0.2, -0.15) is 0 Å². The standard InChI is InChI=1S/C15H22N2O/c1-15(2,3)17-14(18)16-13-10-6-8-11-7-4-5-9-12(11)13/h4-5,7,9,13H,6,8,10H2,1-3H3,(H2,16,17,18). The number of fused-ring (bicyclic) bond motifs is 1. The van der Waals surface area contributed by atoms with Crippen molar-refractivity contribution in [3.05, 3.63) is 35.4 Å². The summed E-state index contributed by atoms with van der Waals surface area (Å²) in [6.45, 7) is 5.96. The van der Waals surface area contributed by atoms with Crippen LogP contribution < -0.4 is 10.6 Å². The van der Waals surface area contributed by atoms with Crippen molar-refractivity contribution >= 4 is 6.03 Å². The highest BCUT2D eigenvalue weighted by Gasteiger charge is 2.22. The first kappa shape index (κ1) is 12.9. The average Bonchev–Trinajstić information content (AvgIpc) is 2.27. The van der Waals surface area contributed by atoms with Gasteiger partial charge < -0.3 is 10.6 Å². The molecule has 2 N–H and O–H groups in total. The molecule has 0 fully saturated rings. The van der Waals surface area contributed by atoms with Crippen LogP contribution >= 0.6 is 0 Å². The number of urea groups is 1. The van der Waals surface area contributed by atoms with Crippen molar-refractivity contribution in [2.45, 2.75) is 51.6 Å². The van der Waals surface area contributed by atoms with Gasteiger partial charge in [-0.15, -0.1) is 0 Å². The predicted octanol–water partition coefficient (Wildman–Crippen LogP) is 3.16. The van der Waals surface area contributed by atoms with Crippen LogP contribution in [0, 0.1) is 0 Å². The third-order valence-corrected chi connectivity index (χ3v) is 3.16. The minimum Gasteiger partial charge on any atom is -0.334 e. The summed E-state index contributed by atoms with van der Waals surface area (Å²) in [6, 6.07) is 8.46. The van der Waals surface area contributed by atoms with Crippen LogP contribution in [0.25, 0.3) is 0 Å². The number of carbonyl (C=O) groups is 1. The van der Waals surface area contributed by atoms with E-state index in [9.17, 15) is 4.79 Å². The summed E-state index contributed by atoms with van der Waals surface area (Å²) in [4.78, 5) is 11.9. The van der Waals surface area contributed by atoms with Gasteiger partial charge in [-0.1, -0.05) is 24.3 Å². The van der Waals surface area contributed by atoms with E-state index in [1.54, 1.807) is 0 Å². The Morgan fingerprint density at radius 1 is 1.28 bits per heavy atom. The number of rotatable bonds is 1. The Kier molecular flexibility index (Phi) is 3.60. The van der Waals surface area contributed by atoms with E-state index in [1.807, 2.05) is 26.8 Å². The molecule has 1 aromatic rings. The molecule has 0 aromatic heterocycles. The number of carbonyl (C=O) groups excluding carboxylic acids is 1. The summed E-state index contributed by atoms with van der Waals surface area (Å²) in [5, 5.41) is 6.03. The smallest absolute Gasteiger partial charge is 0.315 e. The van der Waals surface area contributed by atoms with Gasteiger partial charge >= 0.3 is 6.03 Å². The van der Waals surface area contributed by atoms with Crippen LogP contribution in [0.3, 0.4) is 0 Å². The molecular formula is C15H22N2O. The van der Waals surface area contributed by atoms with Crippen molar-refractivity contribution in [2.75, 3.05) is 0 Å². The van der Waals surface area contributed by atoms with Gasteiger partial charge in [0.05, 0.1) is 6.04 Å². The van der Waals surface area contributed by atoms with Gasteiger partial charge in [-0.3, -0.25) is 0 Å². The number of amides is 2. The van der Waals surface area contributed by atoms with Crippen LogP contribution in [0.1, 0.15) is 50.8 Å². The zero-order chi connectivity index (χ0) is 13.2. The Bertz CT molecular complexity index is 434. The van der Waals surface area contributed by atoms with Gasteiger partial charge in [0.2, 0.25) is 0 Å². The molecule has 1 aromatic carbocycles. The molecule has 2 amide bonds. The SMILES string of the molecule is CC(C)(C)NC(=O)NC1CCCc2ccccc21. The lowest BCUT2D eigenvalue weighted by atomic mass is 9.88. The lowest BCUT2D eigenvalue weighted by molar-refractivity contribution is 0.226. The normalized spacial score (nSPS) is 18.9. The topological polar surface area (TPSA) is 41.1 Å². The Labute approximate surface area is 109 Å². The predicted molar refractivity (Wildman–Crippen MR) is 73.5 cm³/mol. The molecule has 0 saturated carbocycles. The number of aryl methyl sites for hydroxylation is 1. The average molecular weight is 246 g/mol. The van der Waals surface area contributed by atoms with E-state index < -0.39 is 0 Å². The van der Waals surface area contributed by atoms with Crippen LogP contribution in [-0.2, 0) is 6.42 Å². The Hall–Kier alpha value is -1.51. The number of hydrogen-bond acceptors (Lipinski definition) is 1. The van der Waals surface area contributed by atoms with Gasteiger partial charge in [0, 0.05) is 5.54 Å². The molecule has 2 rings (SSSR count). The van der Waals surface area contributed by atoms with Gasteiger partial charge in [0.1, 0.15) is 0 Å². The molecule has 0 spiro atoms. The van der Waals surface area contributed by atoms with Gasteiger partial charge in [0.15, 0.2) is 0 Å². The number of nitrogens with one attached hydrogen (secondary N) is 2. The van der Waals surface area contributed by atoms with Crippen molar-refractivity contribution in [3.8, 4) is 0 Å². The highest BCUT2D eigenvalue weighted by Crippen LogP contribution is 2.29. The zero-order valence-corrected chi connectivity index (χ0v) is 11.4. The summed E-state index contributed by atoms with van der Waals surface area (Å²) in [5.74, 6) is 0. The molecule has 1 unspecified atom stereocenters. The van der Waals surface area contributed by atoms with E-state index in [1.165, 1.54) is 11.1 Å². The molecule has 0 bridgehead atoms. The largest absolute Gasteiger partial charge is 0.334 e. The van der Waals surface area contributed by atoms with E-state index in [0.717, 1.165) is 19.3 Å². The van der Waals surface area contributed by atoms with E-state index in [4.69, 9.17) is 0 Å². The fourth-order valence-electron chi connectivity index (χ4n) is 2.44. The first-order valence-corrected chi connectivity index (χ1v) is 6.62. The molecule has 1 atom stereocenters. The molecule has 1 aliphatic carbocycles. The van der Waals surface area contributed by atoms with Crippen LogP contribution in [0.5, 0.6) is 0 Å². The van der Waals surface area contributed by atoms with Crippen molar-refractivity contribution in [1.29, 1.82) is 0 Å². The molecular weight excluding hydrogens is 224 g/mol. The summed E-state index contributed by atoms with van der Waals surface area (Å²) in [6.07, 6.45) is 3.28. The molecule has 0 aliphatic heterocycles. The van der Waals surface area contributed by atoms with Crippen molar-refractivity contribution < 1.29 is 4.79 Å². The second-order valence-corrected chi connectivity index (χ2v) is 5.99. The summed E-state index contributed by atoms with van der Waals surface area (Å²) < 4.78 is 0. The van der Waals surface area contributed by atoms with Crippen molar-refractivity contribution in [1.82, 2.24) is 10.6 Å². The van der Waals surface area contributed by atoms with E-state index in [-0.39, 0.29) is 17.6 Å². The maximum absolute atomic E-state index is 11.9. The first-order valence-electron chi connectivity index (χ1n) is 6.62. The highest BCUT2D eigenvalue weighted by molar-refractivity contribution is 5.75. The summed E-state index contributed by atoms with van der Waals surface area (Å²) in [5.41, 5.74) is 2.44. The van der Waals surface area contributed by atoms with E-state index in [2.05, 4.69) is 28.8 Å². The number of hydrogen-bond donors (Lipinski definition) is 2. The van der Waals surface area contributed by atoms with Crippen LogP contribution in [0.2, 0.25) is 0 Å². The van der Waals surface area contributed by atoms with E-state index in [0.29, 0.717) is 0 Å². The summed E-state index contributed by atoms with van der Waals surface area (Å²) >= 11 is 0. The molecule has 3 heteroatoms. The van der Waals surface area contributed by atoms with E-state index >= 15 is 0 Å². The molecule has 0 radical (unpaired) electrons. The monoisotopic (exact) mass is 246 g/mol. The van der Waals surface area contributed by atoms with Gasteiger partial charge in [-0.25, -0.2) is 4.79 Å². The molecule has 98 valence electrons. The zero-order valence-electron chi connectivity index (χ0n) is 11.4. The van der Waals surface area contributed by atoms with Crippen LogP contribution in [0.15, 0.2) is 24.3 Å². The minimum atomic E-state index is -0.196. The quantitative estimate of drug-likeness (QED) is 0.785. The third kappa shape index (κ3) is 3.25. The maximum Gasteiger partial charge on any atom is 0.315 e. The van der Waals surface area contributed by atoms with Crippen molar-refractivity contribution in [2.24, 2.45) is 0 Å². The third-order valence-electron chi connectivity index (χ3n) is 3.16. The van der Waals surface area contributed by atoms with Gasteiger partial charge in [-0.05, 0) is 51.2 Å². The lowest BCUT2D eigenvalue weighted by Crippen LogP contribution is -2.47. The molecule has 1 aliphatic rings. The Balaban J connectivity index is 2.05. The Morgan fingerprint density at radius 2 is 2.00 bits per heavy atom. The highest BCUT2D eigenvalue weighted by atomic mass is 16.2. The molecule has 0 saturated heterocycles. The molecule has 0 heterocycles. The van der Waals surface area contributed by atoms with Crippen LogP contribution in [-0.4, -0.2) is 11.6 Å². The van der Waals surface area contributed by atoms with Gasteiger partial charge in [0.25, 0.3) is 0 Å². The minimum absolute atomic E-state index is 0.0794. The number of benzene rings is 1. The molecule has 3 nitrogen and oxygen atoms in total. The fourth-order valence-corrected chi connectivity index (χ4v) is 2.44. The first-order chi connectivity index (χ1) is 8.46. The fraction of sp³-hybridized carbons (Fsp3) is 0.533.